The third-order valence-electron chi connectivity index (χ3n) is 4.24. The number of carbonyl (C=O) groups is 1. The van der Waals surface area contributed by atoms with Crippen molar-refractivity contribution < 1.29 is 9.53 Å². The molecule has 0 unspecified atom stereocenters. The minimum atomic E-state index is -0.0327. The van der Waals surface area contributed by atoms with Gasteiger partial charge in [0, 0.05) is 18.4 Å². The smallest absolute Gasteiger partial charge is 0.246 e. The maximum absolute atomic E-state index is 12.6. The lowest BCUT2D eigenvalue weighted by Crippen LogP contribution is -2.32. The average molecular weight is 361 g/mol. The van der Waals surface area contributed by atoms with E-state index in [2.05, 4.69) is 10.6 Å². The number of hydrogen-bond acceptors (Lipinski definition) is 4. The van der Waals surface area contributed by atoms with Gasteiger partial charge in [0.1, 0.15) is 5.75 Å². The molecule has 0 bridgehead atoms. The molecule has 138 valence electrons. The first kappa shape index (κ1) is 18.3. The van der Waals surface area contributed by atoms with E-state index < -0.39 is 0 Å². The molecule has 27 heavy (non-hydrogen) atoms. The molecule has 0 atom stereocenters. The van der Waals surface area contributed by atoms with Crippen LogP contribution in [0.3, 0.4) is 0 Å². The van der Waals surface area contributed by atoms with Crippen LogP contribution in [0.5, 0.6) is 5.75 Å². The van der Waals surface area contributed by atoms with E-state index in [9.17, 15) is 4.79 Å². The van der Waals surface area contributed by atoms with Crippen molar-refractivity contribution in [3.63, 3.8) is 0 Å². The number of amides is 1. The monoisotopic (exact) mass is 361 g/mol. The lowest BCUT2D eigenvalue weighted by Gasteiger charge is -2.19. The van der Waals surface area contributed by atoms with Crippen LogP contribution < -0.4 is 20.3 Å². The summed E-state index contributed by atoms with van der Waals surface area (Å²) < 4.78 is 5.15. The highest BCUT2D eigenvalue weighted by molar-refractivity contribution is 5.96. The molecule has 0 radical (unpaired) electrons. The highest BCUT2D eigenvalue weighted by Gasteiger charge is 2.12. The molecule has 1 amide bonds. The maximum atomic E-state index is 12.6. The zero-order valence-electron chi connectivity index (χ0n) is 15.5. The lowest BCUT2D eigenvalue weighted by atomic mass is 10.2. The van der Waals surface area contributed by atoms with Crippen LogP contribution in [0.15, 0.2) is 78.9 Å². The molecule has 0 aliphatic rings. The van der Waals surface area contributed by atoms with Crippen molar-refractivity contribution in [1.29, 1.82) is 0 Å². The Bertz CT molecular complexity index is 880. The number of anilines is 4. The van der Waals surface area contributed by atoms with Crippen LogP contribution in [0.4, 0.5) is 22.7 Å². The third-order valence-corrected chi connectivity index (χ3v) is 4.24. The van der Waals surface area contributed by atoms with E-state index >= 15 is 0 Å². The second-order valence-corrected chi connectivity index (χ2v) is 6.04. The van der Waals surface area contributed by atoms with Crippen LogP contribution in [-0.2, 0) is 4.79 Å². The van der Waals surface area contributed by atoms with Crippen LogP contribution >= 0.6 is 0 Å². The summed E-state index contributed by atoms with van der Waals surface area (Å²) in [5.41, 5.74) is 3.60. The van der Waals surface area contributed by atoms with Crippen LogP contribution in [0.1, 0.15) is 0 Å². The van der Waals surface area contributed by atoms with E-state index in [4.69, 9.17) is 4.74 Å². The number of para-hydroxylation sites is 3. The Kier molecular flexibility index (Phi) is 5.94. The third kappa shape index (κ3) is 4.79. The number of likely N-dealkylation sites (N-methyl/N-ethyl adjacent to an activating group) is 1. The first-order chi connectivity index (χ1) is 13.2. The maximum Gasteiger partial charge on any atom is 0.246 e. The Morgan fingerprint density at radius 1 is 0.889 bits per heavy atom. The highest BCUT2D eigenvalue weighted by atomic mass is 16.5. The standard InChI is InChI=1S/C22H23N3O2/c1-25(18-12-14-19(27-2)15-13-18)22(26)16-23-20-10-6-7-11-21(20)24-17-8-4-3-5-9-17/h3-15,23-24H,16H2,1-2H3. The number of methoxy groups -OCH3 is 1. The molecular formula is C22H23N3O2. The fourth-order valence-corrected chi connectivity index (χ4v) is 2.66. The number of ether oxygens (including phenoxy) is 1. The van der Waals surface area contributed by atoms with E-state index in [0.717, 1.165) is 28.5 Å². The van der Waals surface area contributed by atoms with Gasteiger partial charge in [0.2, 0.25) is 5.91 Å². The zero-order valence-corrected chi connectivity index (χ0v) is 15.5. The molecule has 3 rings (SSSR count). The predicted molar refractivity (Wildman–Crippen MR) is 111 cm³/mol. The van der Waals surface area contributed by atoms with E-state index in [1.807, 2.05) is 78.9 Å². The van der Waals surface area contributed by atoms with E-state index in [-0.39, 0.29) is 12.5 Å². The van der Waals surface area contributed by atoms with Crippen molar-refractivity contribution in [2.75, 3.05) is 36.2 Å². The minimum absolute atomic E-state index is 0.0327. The molecule has 3 aromatic carbocycles. The van der Waals surface area contributed by atoms with Gasteiger partial charge in [-0.25, -0.2) is 0 Å². The molecule has 0 aromatic heterocycles. The fraction of sp³-hybridized carbons (Fsp3) is 0.136. The number of benzene rings is 3. The molecule has 5 heteroatoms. The second kappa shape index (κ2) is 8.76. The van der Waals surface area contributed by atoms with Crippen molar-refractivity contribution in [3.8, 4) is 5.75 Å². The predicted octanol–water partition coefficient (Wildman–Crippen LogP) is 4.51. The summed E-state index contributed by atoms with van der Waals surface area (Å²) >= 11 is 0. The summed E-state index contributed by atoms with van der Waals surface area (Å²) in [4.78, 5) is 14.2. The number of carbonyl (C=O) groups excluding carboxylic acids is 1. The SMILES string of the molecule is COc1ccc(N(C)C(=O)CNc2ccccc2Nc2ccccc2)cc1. The summed E-state index contributed by atoms with van der Waals surface area (Å²) in [5.74, 6) is 0.730. The molecule has 0 saturated carbocycles. The van der Waals surface area contributed by atoms with Gasteiger partial charge in [0.15, 0.2) is 0 Å². The largest absolute Gasteiger partial charge is 0.497 e. The van der Waals surface area contributed by atoms with Gasteiger partial charge < -0.3 is 20.3 Å². The van der Waals surface area contributed by atoms with Gasteiger partial charge in [-0.15, -0.1) is 0 Å². The van der Waals surface area contributed by atoms with Crippen molar-refractivity contribution in [2.24, 2.45) is 0 Å². The van der Waals surface area contributed by atoms with Crippen molar-refractivity contribution in [1.82, 2.24) is 0 Å². The quantitative estimate of drug-likeness (QED) is 0.650. The summed E-state index contributed by atoms with van der Waals surface area (Å²) in [6, 6.07) is 25.2. The number of nitrogens with zero attached hydrogens (tertiary/aromatic N) is 1. The Morgan fingerprint density at radius 3 is 2.19 bits per heavy atom. The molecule has 0 saturated heterocycles. The Morgan fingerprint density at radius 2 is 1.52 bits per heavy atom. The van der Waals surface area contributed by atoms with Gasteiger partial charge in [-0.1, -0.05) is 30.3 Å². The van der Waals surface area contributed by atoms with Crippen LogP contribution in [-0.4, -0.2) is 26.6 Å². The van der Waals surface area contributed by atoms with E-state index in [0.29, 0.717) is 0 Å². The normalized spacial score (nSPS) is 10.1. The van der Waals surface area contributed by atoms with Gasteiger partial charge in [0.25, 0.3) is 0 Å². The molecule has 2 N–H and O–H groups in total. The summed E-state index contributed by atoms with van der Waals surface area (Å²) in [6.45, 7) is 0.190. The topological polar surface area (TPSA) is 53.6 Å². The Balaban J connectivity index is 1.64. The van der Waals surface area contributed by atoms with Crippen LogP contribution in [0.2, 0.25) is 0 Å². The number of nitrogens with one attached hydrogen (secondary N) is 2. The zero-order chi connectivity index (χ0) is 19.1. The lowest BCUT2D eigenvalue weighted by molar-refractivity contribution is -0.116. The Hall–Kier alpha value is -3.47. The van der Waals surface area contributed by atoms with Crippen LogP contribution in [0, 0.1) is 0 Å². The summed E-state index contributed by atoms with van der Waals surface area (Å²) in [6.07, 6.45) is 0. The van der Waals surface area contributed by atoms with E-state index in [1.165, 1.54) is 0 Å². The van der Waals surface area contributed by atoms with Crippen molar-refractivity contribution in [2.45, 2.75) is 0 Å². The molecule has 0 aliphatic heterocycles. The molecule has 0 heterocycles. The minimum Gasteiger partial charge on any atom is -0.497 e. The molecule has 0 fully saturated rings. The Labute approximate surface area is 159 Å². The van der Waals surface area contributed by atoms with Gasteiger partial charge in [-0.2, -0.15) is 0 Å². The van der Waals surface area contributed by atoms with Gasteiger partial charge in [0.05, 0.1) is 25.0 Å². The van der Waals surface area contributed by atoms with Crippen molar-refractivity contribution >= 4 is 28.7 Å². The van der Waals surface area contributed by atoms with Gasteiger partial charge >= 0.3 is 0 Å². The first-order valence-corrected chi connectivity index (χ1v) is 8.73. The van der Waals surface area contributed by atoms with E-state index in [1.54, 1.807) is 19.1 Å². The molecular weight excluding hydrogens is 338 g/mol. The number of rotatable bonds is 7. The van der Waals surface area contributed by atoms with Gasteiger partial charge in [-0.3, -0.25) is 4.79 Å². The van der Waals surface area contributed by atoms with Gasteiger partial charge in [-0.05, 0) is 48.5 Å². The number of hydrogen-bond donors (Lipinski definition) is 2. The highest BCUT2D eigenvalue weighted by Crippen LogP contribution is 2.25. The summed E-state index contributed by atoms with van der Waals surface area (Å²) in [5, 5.41) is 6.60. The van der Waals surface area contributed by atoms with Crippen LogP contribution in [0.25, 0.3) is 0 Å². The molecule has 0 spiro atoms. The second-order valence-electron chi connectivity index (χ2n) is 6.04. The summed E-state index contributed by atoms with van der Waals surface area (Å²) in [7, 11) is 3.38. The molecule has 5 nitrogen and oxygen atoms in total. The molecule has 3 aromatic rings. The first-order valence-electron chi connectivity index (χ1n) is 8.73. The fourth-order valence-electron chi connectivity index (χ4n) is 2.66. The van der Waals surface area contributed by atoms with Crippen molar-refractivity contribution in [3.05, 3.63) is 78.9 Å². The molecule has 0 aliphatic carbocycles. The average Bonchev–Trinajstić information content (AvgIpc) is 2.73.